The lowest BCUT2D eigenvalue weighted by molar-refractivity contribution is -0.125. The maximum atomic E-state index is 11.3. The number of hydrogen-bond acceptors (Lipinski definition) is 1. The molecule has 1 saturated heterocycles. The second kappa shape index (κ2) is 3.96. The summed E-state index contributed by atoms with van der Waals surface area (Å²) in [6, 6.07) is 0. The third-order valence-electron chi connectivity index (χ3n) is 1.89. The highest BCUT2D eigenvalue weighted by Gasteiger charge is 2.16. The monoisotopic (exact) mass is 163 g/mol. The van der Waals surface area contributed by atoms with Crippen molar-refractivity contribution in [3.05, 3.63) is 12.2 Å². The van der Waals surface area contributed by atoms with Gasteiger partial charge in [0.05, 0.1) is 0 Å². The molecule has 1 aliphatic heterocycles. The fourth-order valence-corrected chi connectivity index (χ4v) is 1.31. The molecular weight excluding hydrogens is 150 g/mol. The van der Waals surface area contributed by atoms with Crippen LogP contribution in [-0.4, -0.2) is 23.9 Å². The standard InChI is InChI=1S/C10H13NO/c1-3-5-10(12)11-7-4-6-9(2)8-11/h2,4,6-8H2,1H3. The van der Waals surface area contributed by atoms with Crippen molar-refractivity contribution in [2.24, 2.45) is 0 Å². The largest absolute Gasteiger partial charge is 0.328 e. The van der Waals surface area contributed by atoms with E-state index >= 15 is 0 Å². The van der Waals surface area contributed by atoms with Crippen molar-refractivity contribution in [3.8, 4) is 11.8 Å². The average molecular weight is 163 g/mol. The molecule has 64 valence electrons. The minimum atomic E-state index is -0.0710. The van der Waals surface area contributed by atoms with Gasteiger partial charge in [0.2, 0.25) is 0 Å². The topological polar surface area (TPSA) is 20.3 Å². The molecule has 0 aromatic carbocycles. The van der Waals surface area contributed by atoms with E-state index in [1.165, 1.54) is 0 Å². The fourth-order valence-electron chi connectivity index (χ4n) is 1.31. The van der Waals surface area contributed by atoms with Crippen LogP contribution >= 0.6 is 0 Å². The number of nitrogens with zero attached hydrogens (tertiary/aromatic N) is 1. The average Bonchev–Trinajstić information content (AvgIpc) is 2.05. The van der Waals surface area contributed by atoms with Gasteiger partial charge in [-0.25, -0.2) is 0 Å². The Kier molecular flexibility index (Phi) is 2.93. The van der Waals surface area contributed by atoms with Crippen LogP contribution in [0.5, 0.6) is 0 Å². The van der Waals surface area contributed by atoms with Gasteiger partial charge in [0.1, 0.15) is 0 Å². The van der Waals surface area contributed by atoms with Gasteiger partial charge in [0, 0.05) is 13.1 Å². The zero-order valence-corrected chi connectivity index (χ0v) is 7.39. The number of rotatable bonds is 0. The first-order valence-corrected chi connectivity index (χ1v) is 4.12. The van der Waals surface area contributed by atoms with E-state index in [4.69, 9.17) is 0 Å². The summed E-state index contributed by atoms with van der Waals surface area (Å²) in [6.45, 7) is 7.06. The minimum Gasteiger partial charge on any atom is -0.328 e. The molecule has 12 heavy (non-hydrogen) atoms. The van der Waals surface area contributed by atoms with Crippen LogP contribution in [0.15, 0.2) is 12.2 Å². The Labute approximate surface area is 73.2 Å². The van der Waals surface area contributed by atoms with Crippen LogP contribution in [0.3, 0.4) is 0 Å². The molecule has 1 aliphatic rings. The summed E-state index contributed by atoms with van der Waals surface area (Å²) >= 11 is 0. The van der Waals surface area contributed by atoms with Gasteiger partial charge in [0.25, 0.3) is 5.91 Å². The molecule has 0 atom stereocenters. The summed E-state index contributed by atoms with van der Waals surface area (Å²) in [5.74, 6) is 5.07. The SMILES string of the molecule is C=C1CCCN(C(=O)C#CC)C1. The van der Waals surface area contributed by atoms with Crippen LogP contribution in [0.1, 0.15) is 19.8 Å². The smallest absolute Gasteiger partial charge is 0.298 e. The third kappa shape index (κ3) is 2.13. The lowest BCUT2D eigenvalue weighted by Gasteiger charge is -2.26. The first kappa shape index (κ1) is 8.86. The highest BCUT2D eigenvalue weighted by atomic mass is 16.2. The molecule has 0 saturated carbocycles. The molecule has 0 aromatic rings. The summed E-state index contributed by atoms with van der Waals surface area (Å²) < 4.78 is 0. The Morgan fingerprint density at radius 1 is 1.67 bits per heavy atom. The molecule has 0 aliphatic carbocycles. The number of carbonyl (C=O) groups excluding carboxylic acids is 1. The van der Waals surface area contributed by atoms with Gasteiger partial charge < -0.3 is 4.90 Å². The molecular formula is C10H13NO. The molecule has 0 bridgehead atoms. The predicted octanol–water partition coefficient (Wildman–Crippen LogP) is 1.19. The van der Waals surface area contributed by atoms with Gasteiger partial charge in [-0.3, -0.25) is 4.79 Å². The van der Waals surface area contributed by atoms with Crippen LogP contribution in [0.4, 0.5) is 0 Å². The molecule has 0 radical (unpaired) electrons. The second-order valence-corrected chi connectivity index (χ2v) is 2.96. The van der Waals surface area contributed by atoms with Gasteiger partial charge in [-0.1, -0.05) is 18.1 Å². The summed E-state index contributed by atoms with van der Waals surface area (Å²) in [5, 5.41) is 0. The molecule has 0 unspecified atom stereocenters. The van der Waals surface area contributed by atoms with E-state index in [-0.39, 0.29) is 5.91 Å². The minimum absolute atomic E-state index is 0.0710. The van der Waals surface area contributed by atoms with Crippen molar-refractivity contribution in [3.63, 3.8) is 0 Å². The third-order valence-corrected chi connectivity index (χ3v) is 1.89. The second-order valence-electron chi connectivity index (χ2n) is 2.96. The first-order valence-electron chi connectivity index (χ1n) is 4.12. The van der Waals surface area contributed by atoms with Gasteiger partial charge in [-0.2, -0.15) is 0 Å². The highest BCUT2D eigenvalue weighted by Crippen LogP contribution is 2.12. The number of piperidine rings is 1. The van der Waals surface area contributed by atoms with Crippen molar-refractivity contribution in [2.45, 2.75) is 19.8 Å². The maximum absolute atomic E-state index is 11.3. The molecule has 1 heterocycles. The van der Waals surface area contributed by atoms with E-state index in [0.717, 1.165) is 25.0 Å². The van der Waals surface area contributed by atoms with Crippen molar-refractivity contribution < 1.29 is 4.79 Å². The van der Waals surface area contributed by atoms with Gasteiger partial charge >= 0.3 is 0 Å². The Hall–Kier alpha value is -1.23. The lowest BCUT2D eigenvalue weighted by atomic mass is 10.1. The zero-order chi connectivity index (χ0) is 8.97. The number of hydrogen-bond donors (Lipinski definition) is 0. The maximum Gasteiger partial charge on any atom is 0.298 e. The Morgan fingerprint density at radius 3 is 3.00 bits per heavy atom. The molecule has 0 N–H and O–H groups in total. The molecule has 1 fully saturated rings. The predicted molar refractivity (Wildman–Crippen MR) is 48.4 cm³/mol. The van der Waals surface area contributed by atoms with E-state index in [9.17, 15) is 4.79 Å². The first-order chi connectivity index (χ1) is 5.74. The van der Waals surface area contributed by atoms with E-state index in [2.05, 4.69) is 18.4 Å². The quantitative estimate of drug-likeness (QED) is 0.388. The summed E-state index contributed by atoms with van der Waals surface area (Å²) in [5.41, 5.74) is 1.13. The van der Waals surface area contributed by atoms with Crippen molar-refractivity contribution in [1.29, 1.82) is 0 Å². The zero-order valence-electron chi connectivity index (χ0n) is 7.39. The Bertz CT molecular complexity index is 257. The molecule has 2 heteroatoms. The van der Waals surface area contributed by atoms with Gasteiger partial charge in [0.15, 0.2) is 0 Å². The van der Waals surface area contributed by atoms with Crippen LogP contribution < -0.4 is 0 Å². The summed E-state index contributed by atoms with van der Waals surface area (Å²) in [4.78, 5) is 13.0. The van der Waals surface area contributed by atoms with Crippen molar-refractivity contribution in [1.82, 2.24) is 4.90 Å². The van der Waals surface area contributed by atoms with Gasteiger partial charge in [-0.15, -0.1) is 0 Å². The highest BCUT2D eigenvalue weighted by molar-refractivity contribution is 5.93. The van der Waals surface area contributed by atoms with Crippen molar-refractivity contribution in [2.75, 3.05) is 13.1 Å². The fraction of sp³-hybridized carbons (Fsp3) is 0.500. The van der Waals surface area contributed by atoms with Gasteiger partial charge in [-0.05, 0) is 25.7 Å². The molecule has 0 spiro atoms. The van der Waals surface area contributed by atoms with Crippen molar-refractivity contribution >= 4 is 5.91 Å². The van der Waals surface area contributed by atoms with E-state index < -0.39 is 0 Å². The van der Waals surface area contributed by atoms with E-state index in [1.807, 2.05) is 0 Å². The molecule has 1 rings (SSSR count). The molecule has 0 aromatic heterocycles. The molecule has 2 nitrogen and oxygen atoms in total. The number of amides is 1. The normalized spacial score (nSPS) is 16.8. The van der Waals surface area contributed by atoms with Crippen LogP contribution in [0.2, 0.25) is 0 Å². The van der Waals surface area contributed by atoms with Crippen LogP contribution in [0, 0.1) is 11.8 Å². The van der Waals surface area contributed by atoms with E-state index in [0.29, 0.717) is 6.54 Å². The Morgan fingerprint density at radius 2 is 2.42 bits per heavy atom. The summed E-state index contributed by atoms with van der Waals surface area (Å²) in [6.07, 6.45) is 2.07. The van der Waals surface area contributed by atoms with Crippen LogP contribution in [-0.2, 0) is 4.79 Å². The number of carbonyl (C=O) groups is 1. The summed E-state index contributed by atoms with van der Waals surface area (Å²) in [7, 11) is 0. The molecule has 1 amide bonds. The van der Waals surface area contributed by atoms with Crippen LogP contribution in [0.25, 0.3) is 0 Å². The van der Waals surface area contributed by atoms with E-state index in [1.54, 1.807) is 11.8 Å². The number of likely N-dealkylation sites (tertiary alicyclic amines) is 1. The Balaban J connectivity index is 2.55. The lowest BCUT2D eigenvalue weighted by Crippen LogP contribution is -2.35.